The van der Waals surface area contributed by atoms with Gasteiger partial charge in [-0.15, -0.1) is 0 Å². The van der Waals surface area contributed by atoms with Crippen molar-refractivity contribution >= 4 is 17.1 Å². The van der Waals surface area contributed by atoms with E-state index in [4.69, 9.17) is 11.6 Å². The Morgan fingerprint density at radius 1 is 1.12 bits per heavy atom. The average molecular weight is 245 g/mol. The summed E-state index contributed by atoms with van der Waals surface area (Å²) in [5.41, 5.74) is 2.25. The Morgan fingerprint density at radius 3 is 2.65 bits per heavy atom. The van der Waals surface area contributed by atoms with Gasteiger partial charge in [0.25, 0.3) is 5.56 Å². The lowest BCUT2D eigenvalue weighted by Crippen LogP contribution is -2.09. The molecule has 3 aromatic rings. The van der Waals surface area contributed by atoms with Gasteiger partial charge in [0.1, 0.15) is 5.52 Å². The Morgan fingerprint density at radius 2 is 1.88 bits per heavy atom. The zero-order valence-corrected chi connectivity index (χ0v) is 9.61. The second-order valence-electron chi connectivity index (χ2n) is 3.80. The summed E-state index contributed by atoms with van der Waals surface area (Å²) in [7, 11) is 0. The number of hydrogen-bond donors (Lipinski definition) is 1. The van der Waals surface area contributed by atoms with Crippen LogP contribution >= 0.6 is 11.6 Å². The molecule has 0 unspecified atom stereocenters. The summed E-state index contributed by atoms with van der Waals surface area (Å²) >= 11 is 5.83. The van der Waals surface area contributed by atoms with Crippen molar-refractivity contribution in [2.45, 2.75) is 0 Å². The third-order valence-electron chi connectivity index (χ3n) is 2.68. The van der Waals surface area contributed by atoms with E-state index >= 15 is 0 Å². The number of fused-ring (bicyclic) bond motifs is 1. The highest BCUT2D eigenvalue weighted by Gasteiger charge is 2.03. The number of benzene rings is 1. The van der Waals surface area contributed by atoms with Gasteiger partial charge >= 0.3 is 0 Å². The highest BCUT2D eigenvalue weighted by molar-refractivity contribution is 6.30. The molecule has 0 bridgehead atoms. The molecule has 0 spiro atoms. The summed E-state index contributed by atoms with van der Waals surface area (Å²) in [5.74, 6) is 0. The van der Waals surface area contributed by atoms with Crippen molar-refractivity contribution in [2.75, 3.05) is 0 Å². The molecule has 0 aliphatic rings. The van der Waals surface area contributed by atoms with E-state index in [2.05, 4.69) is 4.98 Å². The van der Waals surface area contributed by atoms with E-state index in [1.165, 1.54) is 0 Å². The monoisotopic (exact) mass is 244 g/mol. The van der Waals surface area contributed by atoms with Gasteiger partial charge in [0.15, 0.2) is 0 Å². The van der Waals surface area contributed by atoms with Gasteiger partial charge in [-0.2, -0.15) is 0 Å². The summed E-state index contributed by atoms with van der Waals surface area (Å²) in [4.78, 5) is 14.7. The van der Waals surface area contributed by atoms with Crippen LogP contribution in [0.15, 0.2) is 53.6 Å². The SMILES string of the molecule is O=c1[nH]c(-c2ccc(Cl)cc2)cn2cccc12. The van der Waals surface area contributed by atoms with E-state index in [0.29, 0.717) is 10.5 Å². The van der Waals surface area contributed by atoms with E-state index in [-0.39, 0.29) is 5.56 Å². The lowest BCUT2D eigenvalue weighted by atomic mass is 10.2. The molecule has 2 aromatic heterocycles. The van der Waals surface area contributed by atoms with E-state index < -0.39 is 0 Å². The van der Waals surface area contributed by atoms with E-state index in [1.54, 1.807) is 18.2 Å². The molecule has 0 amide bonds. The first-order chi connectivity index (χ1) is 8.24. The van der Waals surface area contributed by atoms with Crippen LogP contribution in [-0.2, 0) is 0 Å². The van der Waals surface area contributed by atoms with Crippen LogP contribution in [0, 0.1) is 0 Å². The van der Waals surface area contributed by atoms with Crippen LogP contribution in [0.5, 0.6) is 0 Å². The Labute approximate surface area is 102 Å². The molecule has 0 fully saturated rings. The predicted molar refractivity (Wildman–Crippen MR) is 68.5 cm³/mol. The van der Waals surface area contributed by atoms with Gasteiger partial charge in [-0.25, -0.2) is 0 Å². The summed E-state index contributed by atoms with van der Waals surface area (Å²) in [6.07, 6.45) is 3.74. The van der Waals surface area contributed by atoms with Crippen molar-refractivity contribution in [2.24, 2.45) is 0 Å². The molecule has 0 atom stereocenters. The maximum atomic E-state index is 11.8. The average Bonchev–Trinajstić information content (AvgIpc) is 2.78. The molecule has 1 aromatic carbocycles. The second-order valence-corrected chi connectivity index (χ2v) is 4.24. The molecular weight excluding hydrogens is 236 g/mol. The number of halogens is 1. The van der Waals surface area contributed by atoms with Crippen molar-refractivity contribution in [1.82, 2.24) is 9.38 Å². The van der Waals surface area contributed by atoms with Gasteiger partial charge < -0.3 is 9.38 Å². The lowest BCUT2D eigenvalue weighted by Gasteiger charge is -2.03. The van der Waals surface area contributed by atoms with Gasteiger partial charge in [-0.1, -0.05) is 23.7 Å². The van der Waals surface area contributed by atoms with Crippen LogP contribution in [0.25, 0.3) is 16.8 Å². The van der Waals surface area contributed by atoms with Crippen LogP contribution in [0.1, 0.15) is 0 Å². The Kier molecular flexibility index (Phi) is 2.27. The molecule has 0 saturated carbocycles. The second kappa shape index (κ2) is 3.79. The summed E-state index contributed by atoms with van der Waals surface area (Å²) in [6, 6.07) is 11.0. The van der Waals surface area contributed by atoms with Crippen LogP contribution in [0.3, 0.4) is 0 Å². The number of rotatable bonds is 1. The molecule has 3 rings (SSSR count). The normalized spacial score (nSPS) is 10.9. The standard InChI is InChI=1S/C13H9ClN2O/c14-10-5-3-9(4-6-10)11-8-16-7-1-2-12(16)13(17)15-11/h1-8H,(H,15,17). The molecule has 17 heavy (non-hydrogen) atoms. The van der Waals surface area contributed by atoms with E-state index in [1.807, 2.05) is 35.0 Å². The first-order valence-corrected chi connectivity index (χ1v) is 5.58. The minimum absolute atomic E-state index is 0.0950. The lowest BCUT2D eigenvalue weighted by molar-refractivity contribution is 1.11. The molecular formula is C13H9ClN2O. The zero-order valence-electron chi connectivity index (χ0n) is 8.85. The fourth-order valence-corrected chi connectivity index (χ4v) is 1.96. The smallest absolute Gasteiger partial charge is 0.272 e. The molecule has 3 nitrogen and oxygen atoms in total. The van der Waals surface area contributed by atoms with Crippen LogP contribution in [-0.4, -0.2) is 9.38 Å². The molecule has 0 aliphatic heterocycles. The Hall–Kier alpha value is -2.00. The quantitative estimate of drug-likeness (QED) is 0.702. The van der Waals surface area contributed by atoms with Crippen molar-refractivity contribution < 1.29 is 0 Å². The van der Waals surface area contributed by atoms with Crippen molar-refractivity contribution in [1.29, 1.82) is 0 Å². The predicted octanol–water partition coefficient (Wildman–Crippen LogP) is 2.95. The van der Waals surface area contributed by atoms with E-state index in [0.717, 1.165) is 11.3 Å². The van der Waals surface area contributed by atoms with Gasteiger partial charge in [0.2, 0.25) is 0 Å². The van der Waals surface area contributed by atoms with E-state index in [9.17, 15) is 4.79 Å². The first kappa shape index (κ1) is 10.2. The fraction of sp³-hybridized carbons (Fsp3) is 0. The fourth-order valence-electron chi connectivity index (χ4n) is 1.83. The van der Waals surface area contributed by atoms with Gasteiger partial charge in [-0.3, -0.25) is 4.79 Å². The number of nitrogens with one attached hydrogen (secondary N) is 1. The molecule has 2 heterocycles. The topological polar surface area (TPSA) is 37.3 Å². The third kappa shape index (κ3) is 1.74. The molecule has 0 radical (unpaired) electrons. The number of aromatic nitrogens is 2. The van der Waals surface area contributed by atoms with Gasteiger partial charge in [0, 0.05) is 17.4 Å². The first-order valence-electron chi connectivity index (χ1n) is 5.20. The Balaban J connectivity index is 2.23. The number of aromatic amines is 1. The summed E-state index contributed by atoms with van der Waals surface area (Å²) in [5, 5.41) is 0.679. The summed E-state index contributed by atoms with van der Waals surface area (Å²) < 4.78 is 1.81. The Bertz CT molecular complexity index is 725. The summed E-state index contributed by atoms with van der Waals surface area (Å²) in [6.45, 7) is 0. The number of H-pyrrole nitrogens is 1. The van der Waals surface area contributed by atoms with Gasteiger partial charge in [-0.05, 0) is 29.8 Å². The number of nitrogens with zero attached hydrogens (tertiary/aromatic N) is 1. The zero-order chi connectivity index (χ0) is 11.8. The minimum Gasteiger partial charge on any atom is -0.319 e. The van der Waals surface area contributed by atoms with Crippen LogP contribution in [0.4, 0.5) is 0 Å². The van der Waals surface area contributed by atoms with Crippen molar-refractivity contribution in [3.05, 3.63) is 64.2 Å². The molecule has 0 aliphatic carbocycles. The highest BCUT2D eigenvalue weighted by Crippen LogP contribution is 2.18. The minimum atomic E-state index is -0.0950. The molecule has 0 saturated heterocycles. The van der Waals surface area contributed by atoms with Crippen molar-refractivity contribution in [3.8, 4) is 11.3 Å². The number of hydrogen-bond acceptors (Lipinski definition) is 1. The van der Waals surface area contributed by atoms with Crippen molar-refractivity contribution in [3.63, 3.8) is 0 Å². The van der Waals surface area contributed by atoms with Gasteiger partial charge in [0.05, 0.1) is 5.69 Å². The molecule has 84 valence electrons. The highest BCUT2D eigenvalue weighted by atomic mass is 35.5. The maximum Gasteiger partial charge on any atom is 0.272 e. The largest absolute Gasteiger partial charge is 0.319 e. The maximum absolute atomic E-state index is 11.8. The molecule has 1 N–H and O–H groups in total. The van der Waals surface area contributed by atoms with Crippen LogP contribution < -0.4 is 5.56 Å². The third-order valence-corrected chi connectivity index (χ3v) is 2.94. The van der Waals surface area contributed by atoms with Crippen LogP contribution in [0.2, 0.25) is 5.02 Å². The molecule has 4 heteroatoms.